The SMILES string of the molecule is CCCCCCCCCCCCCCCCC(=O)O[C@H](COC(=O)CCCCCCCCCCCCCC)CO[C@@H]1O[C@H](CO[C@@H]2O[C@H](CO)[C@H](O)C(O)C2O)[C@H](O)C(O)C1O. The lowest BCUT2D eigenvalue weighted by molar-refractivity contribution is -0.332. The maximum atomic E-state index is 13.0. The van der Waals surface area contributed by atoms with Crippen molar-refractivity contribution in [2.45, 2.75) is 261 Å². The minimum atomic E-state index is -1.76. The van der Waals surface area contributed by atoms with Crippen LogP contribution in [0.25, 0.3) is 0 Å². The molecule has 62 heavy (non-hydrogen) atoms. The number of aliphatic hydroxyl groups excluding tert-OH is 7. The molecule has 0 spiro atoms. The van der Waals surface area contributed by atoms with Gasteiger partial charge in [-0.3, -0.25) is 9.59 Å². The Kier molecular flexibility index (Phi) is 32.6. The Morgan fingerprint density at radius 1 is 0.452 bits per heavy atom. The van der Waals surface area contributed by atoms with Gasteiger partial charge in [0.2, 0.25) is 0 Å². The Morgan fingerprint density at radius 3 is 1.26 bits per heavy atom. The summed E-state index contributed by atoms with van der Waals surface area (Å²) in [6, 6.07) is 0. The number of aliphatic hydroxyl groups is 7. The quantitative estimate of drug-likeness (QED) is 0.0277. The van der Waals surface area contributed by atoms with E-state index in [1.54, 1.807) is 0 Å². The predicted molar refractivity (Wildman–Crippen MR) is 234 cm³/mol. The van der Waals surface area contributed by atoms with Gasteiger partial charge in [-0.15, -0.1) is 0 Å². The molecule has 0 bridgehead atoms. The zero-order chi connectivity index (χ0) is 45.4. The summed E-state index contributed by atoms with van der Waals surface area (Å²) in [6.07, 6.45) is 14.2. The highest BCUT2D eigenvalue weighted by Gasteiger charge is 2.47. The van der Waals surface area contributed by atoms with Crippen molar-refractivity contribution < 1.29 is 73.8 Å². The Labute approximate surface area is 372 Å². The van der Waals surface area contributed by atoms with Crippen LogP contribution < -0.4 is 0 Å². The van der Waals surface area contributed by atoms with Crippen LogP contribution in [0.1, 0.15) is 194 Å². The molecule has 366 valence electrons. The van der Waals surface area contributed by atoms with E-state index in [1.165, 1.54) is 116 Å². The fourth-order valence-corrected chi connectivity index (χ4v) is 7.98. The van der Waals surface area contributed by atoms with Crippen molar-refractivity contribution in [1.29, 1.82) is 0 Å². The lowest BCUT2D eigenvalue weighted by atomic mass is 9.98. The lowest BCUT2D eigenvalue weighted by Gasteiger charge is -2.42. The third-order valence-corrected chi connectivity index (χ3v) is 12.1. The molecule has 4 unspecified atom stereocenters. The van der Waals surface area contributed by atoms with Gasteiger partial charge in [0, 0.05) is 12.8 Å². The van der Waals surface area contributed by atoms with E-state index in [1.807, 2.05) is 0 Å². The molecule has 11 atom stereocenters. The van der Waals surface area contributed by atoms with Crippen LogP contribution in [0.15, 0.2) is 0 Å². The smallest absolute Gasteiger partial charge is 0.306 e. The second-order valence-electron chi connectivity index (χ2n) is 17.7. The maximum Gasteiger partial charge on any atom is 0.306 e. The number of esters is 2. The summed E-state index contributed by atoms with van der Waals surface area (Å²) in [7, 11) is 0. The molecule has 2 aliphatic heterocycles. The second-order valence-corrected chi connectivity index (χ2v) is 17.7. The molecule has 0 aromatic heterocycles. The van der Waals surface area contributed by atoms with Crippen LogP contribution in [-0.2, 0) is 38.0 Å². The molecule has 2 aliphatic rings. The first kappa shape index (κ1) is 56.6. The zero-order valence-corrected chi connectivity index (χ0v) is 38.4. The Bertz CT molecular complexity index is 1100. The van der Waals surface area contributed by atoms with Gasteiger partial charge in [0.05, 0.1) is 19.8 Å². The minimum Gasteiger partial charge on any atom is -0.462 e. The standard InChI is InChI=1S/C47H88O15/c1-3-5-7-9-11-13-15-17-18-20-22-24-26-28-30-39(50)60-35(32-57-38(49)29-27-25-23-21-19-16-14-12-10-8-6-4-2)33-58-46-45(56)43(54)41(52)37(62-46)34-59-47-44(55)42(53)40(51)36(31-48)61-47/h35-37,40-48,51-56H,3-34H2,1-2H3/t35-,36-,37-,40+,41+,42?,43?,44?,45?,46-,47-/m1/s1. The number of rotatable bonds is 38. The molecule has 2 saturated heterocycles. The fourth-order valence-electron chi connectivity index (χ4n) is 7.98. The van der Waals surface area contributed by atoms with Crippen molar-refractivity contribution in [2.75, 3.05) is 26.4 Å². The third kappa shape index (κ3) is 24.1. The van der Waals surface area contributed by atoms with Gasteiger partial charge in [-0.05, 0) is 12.8 Å². The van der Waals surface area contributed by atoms with Crippen molar-refractivity contribution in [1.82, 2.24) is 0 Å². The van der Waals surface area contributed by atoms with Crippen LogP contribution in [0.3, 0.4) is 0 Å². The van der Waals surface area contributed by atoms with Crippen molar-refractivity contribution in [2.24, 2.45) is 0 Å². The highest BCUT2D eigenvalue weighted by Crippen LogP contribution is 2.26. The maximum absolute atomic E-state index is 13.0. The first-order valence-electron chi connectivity index (χ1n) is 24.6. The summed E-state index contributed by atoms with van der Waals surface area (Å²) in [5.74, 6) is -0.913. The van der Waals surface area contributed by atoms with E-state index in [2.05, 4.69) is 13.8 Å². The zero-order valence-electron chi connectivity index (χ0n) is 38.4. The van der Waals surface area contributed by atoms with Crippen LogP contribution in [-0.4, -0.2) is 142 Å². The van der Waals surface area contributed by atoms with Gasteiger partial charge in [-0.25, -0.2) is 0 Å². The summed E-state index contributed by atoms with van der Waals surface area (Å²) < 4.78 is 33.5. The average molecular weight is 893 g/mol. The largest absolute Gasteiger partial charge is 0.462 e. The molecule has 2 fully saturated rings. The average Bonchev–Trinajstić information content (AvgIpc) is 3.26. The van der Waals surface area contributed by atoms with Crippen molar-refractivity contribution in [3.63, 3.8) is 0 Å². The van der Waals surface area contributed by atoms with Crippen molar-refractivity contribution in [3.05, 3.63) is 0 Å². The van der Waals surface area contributed by atoms with Gasteiger partial charge in [-0.1, -0.05) is 168 Å². The van der Waals surface area contributed by atoms with Crippen molar-refractivity contribution in [3.8, 4) is 0 Å². The lowest BCUT2D eigenvalue weighted by Crippen LogP contribution is -2.61. The van der Waals surface area contributed by atoms with E-state index >= 15 is 0 Å². The van der Waals surface area contributed by atoms with Crippen LogP contribution in [0.2, 0.25) is 0 Å². The fraction of sp³-hybridized carbons (Fsp3) is 0.957. The summed E-state index contributed by atoms with van der Waals surface area (Å²) in [5, 5.41) is 71.9. The van der Waals surface area contributed by atoms with E-state index in [9.17, 15) is 45.3 Å². The molecule has 15 nitrogen and oxygen atoms in total. The summed E-state index contributed by atoms with van der Waals surface area (Å²) in [6.45, 7) is 2.60. The number of hydrogen-bond donors (Lipinski definition) is 7. The van der Waals surface area contributed by atoms with E-state index in [-0.39, 0.29) is 26.1 Å². The van der Waals surface area contributed by atoms with Gasteiger partial charge >= 0.3 is 11.9 Å². The Balaban J connectivity index is 1.83. The first-order chi connectivity index (χ1) is 30.0. The molecule has 0 aromatic carbocycles. The van der Waals surface area contributed by atoms with Gasteiger partial charge in [-0.2, -0.15) is 0 Å². The molecule has 0 saturated carbocycles. The molecule has 0 amide bonds. The second kappa shape index (κ2) is 35.7. The number of carbonyl (C=O) groups excluding carboxylic acids is 2. The first-order valence-corrected chi connectivity index (χ1v) is 24.6. The molecule has 15 heteroatoms. The summed E-state index contributed by atoms with van der Waals surface area (Å²) in [4.78, 5) is 25.7. The highest BCUT2D eigenvalue weighted by atomic mass is 16.7. The van der Waals surface area contributed by atoms with Crippen LogP contribution in [0, 0.1) is 0 Å². The van der Waals surface area contributed by atoms with Crippen LogP contribution >= 0.6 is 0 Å². The van der Waals surface area contributed by atoms with E-state index in [0.29, 0.717) is 12.8 Å². The van der Waals surface area contributed by atoms with Gasteiger partial charge in [0.25, 0.3) is 0 Å². The van der Waals surface area contributed by atoms with Crippen molar-refractivity contribution >= 4 is 11.9 Å². The predicted octanol–water partition coefficient (Wildman–Crippen LogP) is 6.04. The third-order valence-electron chi connectivity index (χ3n) is 12.1. The molecule has 2 rings (SSSR count). The normalized spacial score (nSPS) is 27.0. The number of hydrogen-bond acceptors (Lipinski definition) is 15. The number of ether oxygens (including phenoxy) is 6. The number of carbonyl (C=O) groups is 2. The van der Waals surface area contributed by atoms with Gasteiger partial charge in [0.15, 0.2) is 18.7 Å². The monoisotopic (exact) mass is 893 g/mol. The molecule has 7 N–H and O–H groups in total. The molecule has 0 radical (unpaired) electrons. The Hall–Kier alpha value is -1.50. The molecule has 2 heterocycles. The molecule has 0 aliphatic carbocycles. The molecule has 0 aromatic rings. The van der Waals surface area contributed by atoms with Crippen LogP contribution in [0.5, 0.6) is 0 Å². The van der Waals surface area contributed by atoms with E-state index in [4.69, 9.17) is 28.4 Å². The minimum absolute atomic E-state index is 0.173. The molecular weight excluding hydrogens is 805 g/mol. The van der Waals surface area contributed by atoms with E-state index in [0.717, 1.165) is 38.5 Å². The van der Waals surface area contributed by atoms with Gasteiger partial charge < -0.3 is 64.2 Å². The van der Waals surface area contributed by atoms with Crippen LogP contribution in [0.4, 0.5) is 0 Å². The summed E-state index contributed by atoms with van der Waals surface area (Å²) in [5.41, 5.74) is 0. The number of unbranched alkanes of at least 4 members (excludes halogenated alkanes) is 24. The topological polar surface area (TPSA) is 231 Å². The van der Waals surface area contributed by atoms with E-state index < -0.39 is 92.7 Å². The summed E-state index contributed by atoms with van der Waals surface area (Å²) >= 11 is 0. The van der Waals surface area contributed by atoms with Gasteiger partial charge in [0.1, 0.15) is 55.4 Å². The Morgan fingerprint density at radius 2 is 0.823 bits per heavy atom. The molecular formula is C47H88O15. The highest BCUT2D eigenvalue weighted by molar-refractivity contribution is 5.70.